The number of para-hydroxylation sites is 2. The van der Waals surface area contributed by atoms with Crippen LogP contribution in [0.3, 0.4) is 0 Å². The fourth-order valence-electron chi connectivity index (χ4n) is 6.57. The monoisotopic (exact) mass is 619 g/mol. The lowest BCUT2D eigenvalue weighted by molar-refractivity contribution is 0.668. The Morgan fingerprint density at radius 3 is 2.08 bits per heavy atom. The molecule has 9 aromatic rings. The van der Waals surface area contributed by atoms with E-state index in [1.807, 2.05) is 78.9 Å². The minimum absolute atomic E-state index is 0.397. The van der Waals surface area contributed by atoms with Crippen molar-refractivity contribution in [2.45, 2.75) is 6.54 Å². The minimum Gasteiger partial charge on any atom is -0.456 e. The Morgan fingerprint density at radius 2 is 1.21 bits per heavy atom. The Kier molecular flexibility index (Phi) is 6.61. The maximum Gasteiger partial charge on any atom is 0.157 e. The Morgan fingerprint density at radius 1 is 0.521 bits per heavy atom. The highest BCUT2D eigenvalue weighted by atomic mass is 16.3. The van der Waals surface area contributed by atoms with Crippen molar-refractivity contribution in [1.29, 1.82) is 0 Å². The smallest absolute Gasteiger partial charge is 0.157 e. The molecule has 0 fully saturated rings. The second-order valence-corrected chi connectivity index (χ2v) is 12.0. The fourth-order valence-corrected chi connectivity index (χ4v) is 6.57. The van der Waals surface area contributed by atoms with Crippen molar-refractivity contribution >= 4 is 66.3 Å². The lowest BCUT2D eigenvalue weighted by Crippen LogP contribution is -2.16. The molecule has 5 nitrogen and oxygen atoms in total. The van der Waals surface area contributed by atoms with Crippen molar-refractivity contribution in [2.24, 2.45) is 15.7 Å². The number of benzene rings is 7. The zero-order valence-electron chi connectivity index (χ0n) is 25.9. The molecule has 2 N–H and O–H groups in total. The summed E-state index contributed by atoms with van der Waals surface area (Å²) in [6, 6.07) is 51.5. The number of nitrogens with zero attached hydrogens (tertiary/aromatic N) is 2. The standard InChI is InChI=1S/C43H29N3O2/c44-42(46-43(45-26-27-9-2-1-3-10-27)31-21-22-39-36(25-31)34-11-4-6-14-37(34)47-39)30-20-18-28-17-19-29(23-32(28)24-30)33-13-8-16-40-41(33)35-12-5-7-15-38(35)48-40/h1-25H,26H2,(H2,44,45,46). The zero-order valence-corrected chi connectivity index (χ0v) is 25.9. The van der Waals surface area contributed by atoms with Gasteiger partial charge < -0.3 is 14.6 Å². The first-order chi connectivity index (χ1) is 23.7. The van der Waals surface area contributed by atoms with Crippen molar-refractivity contribution in [3.05, 3.63) is 168 Å². The Balaban J connectivity index is 1.13. The number of furan rings is 2. The quantitative estimate of drug-likeness (QED) is 0.154. The molecule has 0 unspecified atom stereocenters. The first kappa shape index (κ1) is 27.8. The van der Waals surface area contributed by atoms with Gasteiger partial charge in [-0.05, 0) is 76.0 Å². The van der Waals surface area contributed by atoms with Crippen molar-refractivity contribution in [3.63, 3.8) is 0 Å². The molecule has 2 aromatic heterocycles. The molecular weight excluding hydrogens is 590 g/mol. The third-order valence-electron chi connectivity index (χ3n) is 8.97. The molecule has 0 atom stereocenters. The summed E-state index contributed by atoms with van der Waals surface area (Å²) in [6.45, 7) is 0.479. The van der Waals surface area contributed by atoms with Crippen LogP contribution in [0, 0.1) is 0 Å². The van der Waals surface area contributed by atoms with E-state index in [-0.39, 0.29) is 0 Å². The summed E-state index contributed by atoms with van der Waals surface area (Å²) in [5.41, 5.74) is 15.3. The highest BCUT2D eigenvalue weighted by Gasteiger charge is 2.14. The van der Waals surface area contributed by atoms with Gasteiger partial charge in [-0.3, -0.25) is 4.99 Å². The Hall–Kier alpha value is -6.46. The normalized spacial score (nSPS) is 12.6. The first-order valence-electron chi connectivity index (χ1n) is 16.0. The minimum atomic E-state index is 0.397. The Bertz CT molecular complexity index is 2720. The largest absolute Gasteiger partial charge is 0.456 e. The number of hydrogen-bond donors (Lipinski definition) is 1. The van der Waals surface area contributed by atoms with Crippen LogP contribution in [0.1, 0.15) is 16.7 Å². The molecule has 5 heteroatoms. The number of fused-ring (bicyclic) bond motifs is 7. The molecule has 0 saturated heterocycles. The third kappa shape index (κ3) is 4.89. The summed E-state index contributed by atoms with van der Waals surface area (Å²) in [5, 5.41) is 6.49. The van der Waals surface area contributed by atoms with E-state index in [0.717, 1.165) is 82.5 Å². The van der Waals surface area contributed by atoms with Gasteiger partial charge >= 0.3 is 0 Å². The van der Waals surface area contributed by atoms with Crippen LogP contribution >= 0.6 is 0 Å². The van der Waals surface area contributed by atoms with Crippen LogP contribution in [-0.4, -0.2) is 11.7 Å². The van der Waals surface area contributed by atoms with E-state index in [1.165, 1.54) is 0 Å². The van der Waals surface area contributed by atoms with Gasteiger partial charge in [0.2, 0.25) is 0 Å². The van der Waals surface area contributed by atoms with E-state index in [2.05, 4.69) is 72.8 Å². The van der Waals surface area contributed by atoms with Crippen LogP contribution in [0.15, 0.2) is 170 Å². The second kappa shape index (κ2) is 11.4. The SMILES string of the molecule is N/C(=N\C(=N/Cc1ccccc1)c1ccc2oc3ccccc3c2c1)c1ccc2ccc(-c3cccc4oc5ccccc5c34)cc2c1. The van der Waals surface area contributed by atoms with Crippen molar-refractivity contribution in [2.75, 3.05) is 0 Å². The van der Waals surface area contributed by atoms with E-state index in [9.17, 15) is 0 Å². The van der Waals surface area contributed by atoms with Crippen LogP contribution in [0.2, 0.25) is 0 Å². The molecule has 0 aliphatic rings. The van der Waals surface area contributed by atoms with E-state index in [4.69, 9.17) is 24.6 Å². The second-order valence-electron chi connectivity index (χ2n) is 12.0. The number of hydrogen-bond acceptors (Lipinski definition) is 3. The van der Waals surface area contributed by atoms with Gasteiger partial charge in [0.05, 0.1) is 6.54 Å². The summed E-state index contributed by atoms with van der Waals surface area (Å²) in [6.07, 6.45) is 0. The fraction of sp³-hybridized carbons (Fsp3) is 0.0233. The van der Waals surface area contributed by atoms with Crippen LogP contribution < -0.4 is 5.73 Å². The molecule has 2 heterocycles. The predicted molar refractivity (Wildman–Crippen MR) is 198 cm³/mol. The molecule has 7 aromatic carbocycles. The molecule has 0 radical (unpaired) electrons. The molecule has 0 aliphatic carbocycles. The maximum atomic E-state index is 6.79. The van der Waals surface area contributed by atoms with E-state index in [1.54, 1.807) is 0 Å². The lowest BCUT2D eigenvalue weighted by atomic mass is 9.96. The first-order valence-corrected chi connectivity index (χ1v) is 16.0. The molecule has 228 valence electrons. The van der Waals surface area contributed by atoms with Gasteiger partial charge in [-0.1, -0.05) is 103 Å². The maximum absolute atomic E-state index is 6.79. The van der Waals surface area contributed by atoms with Crippen molar-refractivity contribution in [3.8, 4) is 11.1 Å². The van der Waals surface area contributed by atoms with Gasteiger partial charge in [0, 0.05) is 32.7 Å². The number of aliphatic imine (C=N–C) groups is 2. The number of nitrogens with two attached hydrogens (primary N) is 1. The molecule has 0 amide bonds. The summed E-state index contributed by atoms with van der Waals surface area (Å²) in [7, 11) is 0. The summed E-state index contributed by atoms with van der Waals surface area (Å²) in [4.78, 5) is 9.94. The van der Waals surface area contributed by atoms with Gasteiger partial charge in [-0.2, -0.15) is 0 Å². The van der Waals surface area contributed by atoms with Crippen LogP contribution in [0.25, 0.3) is 65.8 Å². The molecule has 48 heavy (non-hydrogen) atoms. The van der Waals surface area contributed by atoms with Crippen molar-refractivity contribution < 1.29 is 8.83 Å². The lowest BCUT2D eigenvalue weighted by Gasteiger charge is -2.09. The van der Waals surface area contributed by atoms with E-state index >= 15 is 0 Å². The van der Waals surface area contributed by atoms with E-state index in [0.29, 0.717) is 18.2 Å². The van der Waals surface area contributed by atoms with Crippen molar-refractivity contribution in [1.82, 2.24) is 0 Å². The van der Waals surface area contributed by atoms with Crippen LogP contribution in [0.4, 0.5) is 0 Å². The summed E-state index contributed by atoms with van der Waals surface area (Å²) in [5.74, 6) is 0.963. The molecule has 0 bridgehead atoms. The predicted octanol–water partition coefficient (Wildman–Crippen LogP) is 10.7. The topological polar surface area (TPSA) is 77.0 Å². The summed E-state index contributed by atoms with van der Waals surface area (Å²) >= 11 is 0. The van der Waals surface area contributed by atoms with Gasteiger partial charge in [-0.25, -0.2) is 4.99 Å². The molecule has 0 saturated carbocycles. The number of rotatable bonds is 5. The average molecular weight is 620 g/mol. The van der Waals surface area contributed by atoms with Gasteiger partial charge in [0.15, 0.2) is 5.84 Å². The third-order valence-corrected chi connectivity index (χ3v) is 8.97. The number of amidine groups is 2. The molecular formula is C43H29N3O2. The van der Waals surface area contributed by atoms with Crippen LogP contribution in [0.5, 0.6) is 0 Å². The zero-order chi connectivity index (χ0) is 32.0. The summed E-state index contributed by atoms with van der Waals surface area (Å²) < 4.78 is 12.2. The molecule has 9 rings (SSSR count). The highest BCUT2D eigenvalue weighted by Crippen LogP contribution is 2.37. The molecule has 0 spiro atoms. The van der Waals surface area contributed by atoms with Crippen LogP contribution in [-0.2, 0) is 6.54 Å². The van der Waals surface area contributed by atoms with Gasteiger partial charge in [-0.15, -0.1) is 0 Å². The van der Waals surface area contributed by atoms with Gasteiger partial charge in [0.1, 0.15) is 28.2 Å². The average Bonchev–Trinajstić information content (AvgIpc) is 3.71. The van der Waals surface area contributed by atoms with E-state index < -0.39 is 0 Å². The highest BCUT2D eigenvalue weighted by molar-refractivity contribution is 6.15. The molecule has 0 aliphatic heterocycles. The van der Waals surface area contributed by atoms with Gasteiger partial charge in [0.25, 0.3) is 0 Å². The Labute approximate surface area is 276 Å².